The van der Waals surface area contributed by atoms with E-state index in [1.54, 1.807) is 23.7 Å². The minimum Gasteiger partial charge on any atom is -0.387 e. The van der Waals surface area contributed by atoms with Crippen molar-refractivity contribution in [2.24, 2.45) is 0 Å². The van der Waals surface area contributed by atoms with Crippen LogP contribution in [0.15, 0.2) is 29.2 Å². The first kappa shape index (κ1) is 11.2. The van der Waals surface area contributed by atoms with Crippen molar-refractivity contribution in [3.05, 3.63) is 46.2 Å². The molecule has 2 aromatic heterocycles. The Bertz CT molecular complexity index is 425. The molecule has 2 aromatic rings. The zero-order valence-electron chi connectivity index (χ0n) is 9.13. The van der Waals surface area contributed by atoms with Gasteiger partial charge in [0.2, 0.25) is 0 Å². The maximum Gasteiger partial charge on any atom is 0.0978 e. The van der Waals surface area contributed by atoms with E-state index in [0.29, 0.717) is 12.1 Å². The summed E-state index contributed by atoms with van der Waals surface area (Å²) in [5.74, 6) is 0. The second kappa shape index (κ2) is 5.18. The molecular formula is C12H14N2OS. The summed E-state index contributed by atoms with van der Waals surface area (Å²) in [6, 6.07) is 2.08. The minimum atomic E-state index is -0.520. The molecule has 4 heteroatoms. The van der Waals surface area contributed by atoms with Crippen LogP contribution in [0, 0.1) is 6.92 Å². The van der Waals surface area contributed by atoms with Crippen molar-refractivity contribution in [1.29, 1.82) is 0 Å². The van der Waals surface area contributed by atoms with Gasteiger partial charge in [0.1, 0.15) is 0 Å². The minimum absolute atomic E-state index is 0.520. The molecule has 0 amide bonds. The van der Waals surface area contributed by atoms with E-state index in [-0.39, 0.29) is 0 Å². The molecule has 2 rings (SSSR count). The van der Waals surface area contributed by atoms with Gasteiger partial charge < -0.3 is 5.11 Å². The average molecular weight is 234 g/mol. The van der Waals surface area contributed by atoms with E-state index in [1.807, 2.05) is 12.3 Å². The highest BCUT2D eigenvalue weighted by atomic mass is 32.1. The van der Waals surface area contributed by atoms with E-state index in [9.17, 15) is 5.11 Å². The third kappa shape index (κ3) is 2.87. The number of aliphatic hydroxyl groups is 1. The molecule has 16 heavy (non-hydrogen) atoms. The molecular weight excluding hydrogens is 220 g/mol. The normalized spacial score (nSPS) is 12.6. The Labute approximate surface area is 98.8 Å². The third-order valence-electron chi connectivity index (χ3n) is 2.43. The Kier molecular flexibility index (Phi) is 3.64. The summed E-state index contributed by atoms with van der Waals surface area (Å²) in [6.45, 7) is 1.88. The van der Waals surface area contributed by atoms with Gasteiger partial charge in [0, 0.05) is 6.20 Å². The highest BCUT2D eigenvalue weighted by molar-refractivity contribution is 7.07. The molecule has 3 nitrogen and oxygen atoms in total. The number of rotatable bonds is 4. The van der Waals surface area contributed by atoms with Crippen LogP contribution in [-0.2, 0) is 6.42 Å². The molecule has 1 unspecified atom stereocenters. The highest BCUT2D eigenvalue weighted by Crippen LogP contribution is 2.17. The van der Waals surface area contributed by atoms with Crippen LogP contribution in [0.4, 0.5) is 0 Å². The predicted molar refractivity (Wildman–Crippen MR) is 64.4 cm³/mol. The van der Waals surface area contributed by atoms with Crippen LogP contribution in [-0.4, -0.2) is 15.1 Å². The molecule has 0 bridgehead atoms. The van der Waals surface area contributed by atoms with Crippen LogP contribution in [0.5, 0.6) is 0 Å². The van der Waals surface area contributed by atoms with Crippen LogP contribution in [0.2, 0.25) is 0 Å². The first-order chi connectivity index (χ1) is 7.75. The molecule has 84 valence electrons. The Morgan fingerprint density at radius 1 is 1.38 bits per heavy atom. The SMILES string of the molecule is Cc1cnc(C(O)CCc2ccsc2)cn1. The molecule has 1 N–H and O–H groups in total. The summed E-state index contributed by atoms with van der Waals surface area (Å²) >= 11 is 1.68. The fourth-order valence-corrected chi connectivity index (χ4v) is 2.16. The fraction of sp³-hybridized carbons (Fsp3) is 0.333. The number of hydrogen-bond donors (Lipinski definition) is 1. The van der Waals surface area contributed by atoms with Crippen molar-refractivity contribution >= 4 is 11.3 Å². The molecule has 0 aliphatic carbocycles. The summed E-state index contributed by atoms with van der Waals surface area (Å²) < 4.78 is 0. The van der Waals surface area contributed by atoms with Gasteiger partial charge in [-0.15, -0.1) is 0 Å². The maximum atomic E-state index is 9.91. The topological polar surface area (TPSA) is 46.0 Å². The number of aromatic nitrogens is 2. The van der Waals surface area contributed by atoms with E-state index in [0.717, 1.165) is 12.1 Å². The molecule has 0 saturated heterocycles. The zero-order chi connectivity index (χ0) is 11.4. The maximum absolute atomic E-state index is 9.91. The van der Waals surface area contributed by atoms with Crippen LogP contribution in [0.25, 0.3) is 0 Å². The largest absolute Gasteiger partial charge is 0.387 e. The van der Waals surface area contributed by atoms with E-state index in [4.69, 9.17) is 0 Å². The summed E-state index contributed by atoms with van der Waals surface area (Å²) in [5.41, 5.74) is 2.79. The van der Waals surface area contributed by atoms with E-state index in [1.165, 1.54) is 5.56 Å². The number of aliphatic hydroxyl groups excluding tert-OH is 1. The molecule has 0 spiro atoms. The van der Waals surface area contributed by atoms with Crippen molar-refractivity contribution in [3.63, 3.8) is 0 Å². The Hall–Kier alpha value is -1.26. The molecule has 0 saturated carbocycles. The lowest BCUT2D eigenvalue weighted by molar-refractivity contribution is 0.162. The Morgan fingerprint density at radius 2 is 2.25 bits per heavy atom. The van der Waals surface area contributed by atoms with Gasteiger partial charge in [-0.3, -0.25) is 9.97 Å². The van der Waals surface area contributed by atoms with Gasteiger partial charge in [-0.05, 0) is 42.2 Å². The van der Waals surface area contributed by atoms with E-state index < -0.39 is 6.10 Å². The number of nitrogens with zero attached hydrogens (tertiary/aromatic N) is 2. The molecule has 1 atom stereocenters. The summed E-state index contributed by atoms with van der Waals surface area (Å²) in [4.78, 5) is 8.29. The van der Waals surface area contributed by atoms with E-state index in [2.05, 4.69) is 21.4 Å². The Balaban J connectivity index is 1.93. The molecule has 0 fully saturated rings. The smallest absolute Gasteiger partial charge is 0.0978 e. The van der Waals surface area contributed by atoms with Crippen molar-refractivity contribution < 1.29 is 5.11 Å². The summed E-state index contributed by atoms with van der Waals surface area (Å²) in [5, 5.41) is 14.1. The van der Waals surface area contributed by atoms with Gasteiger partial charge in [-0.25, -0.2) is 0 Å². The molecule has 2 heterocycles. The van der Waals surface area contributed by atoms with Crippen molar-refractivity contribution in [2.75, 3.05) is 0 Å². The summed E-state index contributed by atoms with van der Waals surface area (Å²) in [7, 11) is 0. The van der Waals surface area contributed by atoms with Crippen LogP contribution in [0.3, 0.4) is 0 Å². The van der Waals surface area contributed by atoms with Crippen molar-refractivity contribution in [2.45, 2.75) is 25.9 Å². The van der Waals surface area contributed by atoms with Crippen LogP contribution >= 0.6 is 11.3 Å². The second-order valence-corrected chi connectivity index (χ2v) is 4.55. The van der Waals surface area contributed by atoms with Crippen molar-refractivity contribution in [3.8, 4) is 0 Å². The lowest BCUT2D eigenvalue weighted by Crippen LogP contribution is -2.03. The van der Waals surface area contributed by atoms with E-state index >= 15 is 0 Å². The highest BCUT2D eigenvalue weighted by Gasteiger charge is 2.09. The predicted octanol–water partition coefficient (Wildman–Crippen LogP) is 2.51. The monoisotopic (exact) mass is 234 g/mol. The summed E-state index contributed by atoms with van der Waals surface area (Å²) in [6.07, 6.45) is 4.37. The zero-order valence-corrected chi connectivity index (χ0v) is 9.94. The molecule has 0 radical (unpaired) electrons. The van der Waals surface area contributed by atoms with Crippen LogP contribution in [0.1, 0.15) is 29.5 Å². The van der Waals surface area contributed by atoms with Gasteiger partial charge >= 0.3 is 0 Å². The van der Waals surface area contributed by atoms with Gasteiger partial charge in [0.05, 0.1) is 23.7 Å². The van der Waals surface area contributed by atoms with Gasteiger partial charge in [-0.1, -0.05) is 0 Å². The standard InChI is InChI=1S/C12H14N2OS/c1-9-6-14-11(7-13-9)12(15)3-2-10-4-5-16-8-10/h4-8,12,15H,2-3H2,1H3. The average Bonchev–Trinajstić information content (AvgIpc) is 2.80. The Morgan fingerprint density at radius 3 is 2.88 bits per heavy atom. The van der Waals surface area contributed by atoms with Crippen LogP contribution < -0.4 is 0 Å². The van der Waals surface area contributed by atoms with Crippen molar-refractivity contribution in [1.82, 2.24) is 9.97 Å². The van der Waals surface area contributed by atoms with Gasteiger partial charge in [0.25, 0.3) is 0 Å². The number of thiophene rings is 1. The third-order valence-corrected chi connectivity index (χ3v) is 3.16. The quantitative estimate of drug-likeness (QED) is 0.884. The second-order valence-electron chi connectivity index (χ2n) is 3.77. The molecule has 0 aliphatic rings. The molecule has 0 aliphatic heterocycles. The fourth-order valence-electron chi connectivity index (χ4n) is 1.46. The lowest BCUT2D eigenvalue weighted by Gasteiger charge is -2.08. The number of aryl methyl sites for hydroxylation is 2. The van der Waals surface area contributed by atoms with Gasteiger partial charge in [-0.2, -0.15) is 11.3 Å². The lowest BCUT2D eigenvalue weighted by atomic mass is 10.1. The molecule has 0 aromatic carbocycles. The first-order valence-electron chi connectivity index (χ1n) is 5.23. The van der Waals surface area contributed by atoms with Gasteiger partial charge in [0.15, 0.2) is 0 Å². The number of hydrogen-bond acceptors (Lipinski definition) is 4. The first-order valence-corrected chi connectivity index (χ1v) is 6.17.